The average molecular weight is 394 g/mol. The molecule has 144 valence electrons. The third-order valence-electron chi connectivity index (χ3n) is 4.80. The lowest BCUT2D eigenvalue weighted by Crippen LogP contribution is -2.43. The standard InChI is InChI=1S/C19H21ClFN3O3/c1-10(2)15-14(8-22)24-6-5-23(19(27)16(24)18(26)17(15)25)9-11-3-4-13(21)12(20)7-11/h3-4,7,10,26H,5-6,8-9,22H2,1-2H3. The predicted molar refractivity (Wildman–Crippen MR) is 100 cm³/mol. The first-order valence-corrected chi connectivity index (χ1v) is 9.05. The molecule has 6 nitrogen and oxygen atoms in total. The molecule has 1 aliphatic rings. The summed E-state index contributed by atoms with van der Waals surface area (Å²) in [6.07, 6.45) is 0. The molecular formula is C19H21ClFN3O3. The quantitative estimate of drug-likeness (QED) is 0.835. The second-order valence-corrected chi connectivity index (χ2v) is 7.28. The highest BCUT2D eigenvalue weighted by Gasteiger charge is 2.32. The maximum absolute atomic E-state index is 13.3. The van der Waals surface area contributed by atoms with E-state index in [-0.39, 0.29) is 29.7 Å². The predicted octanol–water partition coefficient (Wildman–Crippen LogP) is 2.58. The van der Waals surface area contributed by atoms with Crippen LogP contribution in [-0.4, -0.2) is 27.0 Å². The zero-order chi connectivity index (χ0) is 19.9. The number of halogens is 2. The Morgan fingerprint density at radius 1 is 1.30 bits per heavy atom. The number of hydrogen-bond donors (Lipinski definition) is 2. The van der Waals surface area contributed by atoms with Gasteiger partial charge in [0.1, 0.15) is 5.82 Å². The maximum Gasteiger partial charge on any atom is 0.274 e. The summed E-state index contributed by atoms with van der Waals surface area (Å²) in [5, 5.41) is 10.4. The summed E-state index contributed by atoms with van der Waals surface area (Å²) in [6.45, 7) is 4.74. The van der Waals surface area contributed by atoms with E-state index >= 15 is 0 Å². The number of rotatable bonds is 4. The molecule has 0 spiro atoms. The first-order valence-electron chi connectivity index (χ1n) is 8.68. The van der Waals surface area contributed by atoms with Crippen LogP contribution in [-0.2, 0) is 19.6 Å². The molecule has 2 heterocycles. The van der Waals surface area contributed by atoms with Gasteiger partial charge in [0, 0.05) is 37.4 Å². The van der Waals surface area contributed by atoms with Crippen molar-refractivity contribution in [2.45, 2.75) is 39.4 Å². The van der Waals surface area contributed by atoms with Crippen LogP contribution in [0, 0.1) is 5.82 Å². The maximum atomic E-state index is 13.3. The fraction of sp³-hybridized carbons (Fsp3) is 0.368. The number of nitrogens with zero attached hydrogens (tertiary/aromatic N) is 2. The van der Waals surface area contributed by atoms with Crippen LogP contribution in [0.2, 0.25) is 5.02 Å². The Kier molecular flexibility index (Phi) is 5.26. The number of benzene rings is 1. The largest absolute Gasteiger partial charge is 0.503 e. The van der Waals surface area contributed by atoms with Gasteiger partial charge >= 0.3 is 0 Å². The van der Waals surface area contributed by atoms with Crippen LogP contribution in [0.5, 0.6) is 5.75 Å². The molecule has 1 aliphatic heterocycles. The lowest BCUT2D eigenvalue weighted by Gasteiger charge is -2.33. The first-order chi connectivity index (χ1) is 12.8. The van der Waals surface area contributed by atoms with E-state index in [0.717, 1.165) is 0 Å². The second-order valence-electron chi connectivity index (χ2n) is 6.87. The van der Waals surface area contributed by atoms with Crippen LogP contribution in [0.25, 0.3) is 0 Å². The molecular weight excluding hydrogens is 373 g/mol. The number of carbonyl (C=O) groups excluding carboxylic acids is 1. The molecule has 0 unspecified atom stereocenters. The zero-order valence-corrected chi connectivity index (χ0v) is 15.9. The lowest BCUT2D eigenvalue weighted by atomic mass is 9.97. The van der Waals surface area contributed by atoms with E-state index < -0.39 is 22.9 Å². The van der Waals surface area contributed by atoms with Crippen LogP contribution in [0.15, 0.2) is 23.0 Å². The Balaban J connectivity index is 2.03. The molecule has 27 heavy (non-hydrogen) atoms. The highest BCUT2D eigenvalue weighted by Crippen LogP contribution is 2.28. The average Bonchev–Trinajstić information content (AvgIpc) is 2.62. The molecule has 3 N–H and O–H groups in total. The van der Waals surface area contributed by atoms with Crippen LogP contribution in [0.1, 0.15) is 47.1 Å². The second kappa shape index (κ2) is 7.32. The van der Waals surface area contributed by atoms with Crippen molar-refractivity contribution in [2.75, 3.05) is 6.54 Å². The Morgan fingerprint density at radius 2 is 2.00 bits per heavy atom. The number of carbonyl (C=O) groups is 1. The van der Waals surface area contributed by atoms with Crippen molar-refractivity contribution in [3.05, 3.63) is 61.8 Å². The van der Waals surface area contributed by atoms with Crippen molar-refractivity contribution in [1.29, 1.82) is 0 Å². The van der Waals surface area contributed by atoms with Crippen molar-refractivity contribution >= 4 is 17.5 Å². The van der Waals surface area contributed by atoms with Crippen LogP contribution < -0.4 is 11.2 Å². The van der Waals surface area contributed by atoms with Gasteiger partial charge in [-0.25, -0.2) is 4.39 Å². The molecule has 1 aromatic heterocycles. The fourth-order valence-electron chi connectivity index (χ4n) is 3.53. The molecule has 1 aromatic carbocycles. The van der Waals surface area contributed by atoms with Crippen LogP contribution in [0.4, 0.5) is 4.39 Å². The summed E-state index contributed by atoms with van der Waals surface area (Å²) >= 11 is 5.80. The summed E-state index contributed by atoms with van der Waals surface area (Å²) in [7, 11) is 0. The van der Waals surface area contributed by atoms with E-state index in [1.807, 2.05) is 13.8 Å². The normalized spacial score (nSPS) is 14.0. The first kappa shape index (κ1) is 19.4. The zero-order valence-electron chi connectivity index (χ0n) is 15.1. The molecule has 0 atom stereocenters. The van der Waals surface area contributed by atoms with Gasteiger partial charge in [0.25, 0.3) is 5.91 Å². The fourth-order valence-corrected chi connectivity index (χ4v) is 3.74. The third-order valence-corrected chi connectivity index (χ3v) is 5.09. The van der Waals surface area contributed by atoms with E-state index in [4.69, 9.17) is 17.3 Å². The van der Waals surface area contributed by atoms with Crippen molar-refractivity contribution < 1.29 is 14.3 Å². The van der Waals surface area contributed by atoms with Crippen molar-refractivity contribution in [3.63, 3.8) is 0 Å². The van der Waals surface area contributed by atoms with Gasteiger partial charge in [0.05, 0.1) is 5.02 Å². The van der Waals surface area contributed by atoms with Gasteiger partial charge in [-0.3, -0.25) is 9.59 Å². The van der Waals surface area contributed by atoms with Gasteiger partial charge in [-0.05, 0) is 23.6 Å². The number of nitrogens with two attached hydrogens (primary N) is 1. The smallest absolute Gasteiger partial charge is 0.274 e. The summed E-state index contributed by atoms with van der Waals surface area (Å²) in [5.41, 5.74) is 6.90. The van der Waals surface area contributed by atoms with E-state index in [1.54, 1.807) is 10.6 Å². The molecule has 1 amide bonds. The summed E-state index contributed by atoms with van der Waals surface area (Å²) in [4.78, 5) is 27.1. The molecule has 0 saturated heterocycles. The molecule has 0 radical (unpaired) electrons. The topological polar surface area (TPSA) is 88.6 Å². The molecule has 2 aromatic rings. The monoisotopic (exact) mass is 393 g/mol. The van der Waals surface area contributed by atoms with Crippen LogP contribution in [0.3, 0.4) is 0 Å². The summed E-state index contributed by atoms with van der Waals surface area (Å²) in [5.74, 6) is -1.69. The number of fused-ring (bicyclic) bond motifs is 1. The molecule has 0 saturated carbocycles. The lowest BCUT2D eigenvalue weighted by molar-refractivity contribution is 0.0680. The highest BCUT2D eigenvalue weighted by molar-refractivity contribution is 6.30. The number of aromatic nitrogens is 1. The van der Waals surface area contributed by atoms with E-state index in [1.165, 1.54) is 17.0 Å². The Morgan fingerprint density at radius 3 is 2.59 bits per heavy atom. The van der Waals surface area contributed by atoms with E-state index in [0.29, 0.717) is 29.9 Å². The number of hydrogen-bond acceptors (Lipinski definition) is 4. The van der Waals surface area contributed by atoms with Gasteiger partial charge in [0.15, 0.2) is 11.4 Å². The molecule has 0 aliphatic carbocycles. The number of aromatic hydroxyl groups is 1. The number of amides is 1. The van der Waals surface area contributed by atoms with Gasteiger partial charge < -0.3 is 20.3 Å². The Labute approximate surface area is 161 Å². The van der Waals surface area contributed by atoms with E-state index in [2.05, 4.69) is 0 Å². The molecule has 3 rings (SSSR count). The third kappa shape index (κ3) is 3.33. The molecule has 0 bridgehead atoms. The Hall–Kier alpha value is -2.38. The summed E-state index contributed by atoms with van der Waals surface area (Å²) in [6, 6.07) is 4.24. The Bertz CT molecular complexity index is 972. The minimum absolute atomic E-state index is 0.0246. The number of pyridine rings is 1. The summed E-state index contributed by atoms with van der Waals surface area (Å²) < 4.78 is 15.0. The van der Waals surface area contributed by atoms with Crippen LogP contribution >= 0.6 is 11.6 Å². The minimum atomic E-state index is -0.559. The van der Waals surface area contributed by atoms with Gasteiger partial charge in [-0.2, -0.15) is 0 Å². The van der Waals surface area contributed by atoms with Gasteiger partial charge in [-0.15, -0.1) is 0 Å². The van der Waals surface area contributed by atoms with Gasteiger partial charge in [-0.1, -0.05) is 31.5 Å². The molecule has 0 fully saturated rings. The minimum Gasteiger partial charge on any atom is -0.503 e. The van der Waals surface area contributed by atoms with Crippen molar-refractivity contribution in [3.8, 4) is 5.75 Å². The van der Waals surface area contributed by atoms with Crippen molar-refractivity contribution in [1.82, 2.24) is 9.47 Å². The molecule has 8 heteroatoms. The van der Waals surface area contributed by atoms with E-state index in [9.17, 15) is 19.1 Å². The SMILES string of the molecule is CC(C)c1c(CN)n2c(c(O)c1=O)C(=O)N(Cc1ccc(F)c(Cl)c1)CC2. The highest BCUT2D eigenvalue weighted by atomic mass is 35.5. The van der Waals surface area contributed by atoms with Gasteiger partial charge in [0.2, 0.25) is 5.43 Å². The van der Waals surface area contributed by atoms with Crippen molar-refractivity contribution in [2.24, 2.45) is 5.73 Å².